The second-order valence-corrected chi connectivity index (χ2v) is 9.04. The first-order valence-corrected chi connectivity index (χ1v) is 10.7. The van der Waals surface area contributed by atoms with Crippen LogP contribution in [-0.4, -0.2) is 56.5 Å². The minimum atomic E-state index is -3.88. The molecule has 10 heteroatoms. The summed E-state index contributed by atoms with van der Waals surface area (Å²) in [5, 5.41) is 2.13. The van der Waals surface area contributed by atoms with E-state index >= 15 is 0 Å². The molecule has 2 aromatic rings. The van der Waals surface area contributed by atoms with Gasteiger partial charge in [0.1, 0.15) is 5.82 Å². The van der Waals surface area contributed by atoms with Crippen molar-refractivity contribution in [2.45, 2.75) is 11.8 Å². The summed E-state index contributed by atoms with van der Waals surface area (Å²) >= 11 is 0. The summed E-state index contributed by atoms with van der Waals surface area (Å²) in [6.07, 6.45) is 0. The van der Waals surface area contributed by atoms with Crippen LogP contribution >= 0.6 is 0 Å². The third-order valence-electron chi connectivity index (χ3n) is 5.28. The fourth-order valence-electron chi connectivity index (χ4n) is 3.61. The number of fused-ring (bicyclic) bond motifs is 1. The van der Waals surface area contributed by atoms with E-state index in [1.807, 2.05) is 0 Å². The van der Waals surface area contributed by atoms with Crippen LogP contribution in [0.4, 0.5) is 10.1 Å². The van der Waals surface area contributed by atoms with E-state index in [0.29, 0.717) is 5.69 Å². The molecule has 0 radical (unpaired) electrons. The maximum Gasteiger partial charge on any atom is 0.258 e. The summed E-state index contributed by atoms with van der Waals surface area (Å²) in [6, 6.07) is 8.08. The SMILES string of the molecule is CC(=O)c1ccc(N2CCN(S(=O)(=O)c3ccc4c(c3)C(=O)NC4=O)CC2)c(F)c1. The van der Waals surface area contributed by atoms with Gasteiger partial charge in [0.2, 0.25) is 10.0 Å². The molecule has 0 saturated carbocycles. The molecule has 2 amide bonds. The van der Waals surface area contributed by atoms with Gasteiger partial charge in [-0.1, -0.05) is 0 Å². The second-order valence-electron chi connectivity index (χ2n) is 7.10. The number of benzene rings is 2. The van der Waals surface area contributed by atoms with E-state index in [4.69, 9.17) is 0 Å². The zero-order valence-corrected chi connectivity index (χ0v) is 16.8. The highest BCUT2D eigenvalue weighted by molar-refractivity contribution is 7.89. The number of anilines is 1. The molecule has 2 aromatic carbocycles. The number of carbonyl (C=O) groups excluding carboxylic acids is 3. The van der Waals surface area contributed by atoms with E-state index in [2.05, 4.69) is 5.32 Å². The van der Waals surface area contributed by atoms with Crippen LogP contribution in [0.3, 0.4) is 0 Å². The van der Waals surface area contributed by atoms with Crippen LogP contribution in [0.2, 0.25) is 0 Å². The van der Waals surface area contributed by atoms with Crippen LogP contribution in [0, 0.1) is 5.82 Å². The van der Waals surface area contributed by atoms with Crippen LogP contribution < -0.4 is 10.2 Å². The van der Waals surface area contributed by atoms with E-state index in [1.54, 1.807) is 11.0 Å². The Kier molecular flexibility index (Phi) is 4.91. The molecule has 2 aliphatic rings. The summed E-state index contributed by atoms with van der Waals surface area (Å²) in [7, 11) is -3.88. The first-order chi connectivity index (χ1) is 14.2. The second kappa shape index (κ2) is 7.29. The first-order valence-electron chi connectivity index (χ1n) is 9.24. The third-order valence-corrected chi connectivity index (χ3v) is 7.17. The Morgan fingerprint density at radius 2 is 1.63 bits per heavy atom. The van der Waals surface area contributed by atoms with Crippen molar-refractivity contribution in [3.63, 3.8) is 0 Å². The van der Waals surface area contributed by atoms with Crippen molar-refractivity contribution < 1.29 is 27.2 Å². The molecule has 30 heavy (non-hydrogen) atoms. The predicted molar refractivity (Wildman–Crippen MR) is 106 cm³/mol. The van der Waals surface area contributed by atoms with E-state index in [1.165, 1.54) is 41.6 Å². The summed E-state index contributed by atoms with van der Waals surface area (Å²) < 4.78 is 41.6. The Morgan fingerprint density at radius 1 is 0.967 bits per heavy atom. The van der Waals surface area contributed by atoms with Crippen molar-refractivity contribution in [2.24, 2.45) is 0 Å². The Balaban J connectivity index is 1.52. The molecule has 0 spiro atoms. The Morgan fingerprint density at radius 3 is 2.27 bits per heavy atom. The molecule has 0 unspecified atom stereocenters. The molecule has 0 atom stereocenters. The Labute approximate surface area is 172 Å². The van der Waals surface area contributed by atoms with E-state index in [9.17, 15) is 27.2 Å². The van der Waals surface area contributed by atoms with Gasteiger partial charge in [-0.05, 0) is 43.3 Å². The lowest BCUT2D eigenvalue weighted by molar-refractivity contribution is 0.0878. The monoisotopic (exact) mass is 431 g/mol. The number of nitrogens with one attached hydrogen (secondary N) is 1. The van der Waals surface area contributed by atoms with Crippen molar-refractivity contribution >= 4 is 33.3 Å². The maximum atomic E-state index is 14.4. The third kappa shape index (κ3) is 3.37. The van der Waals surface area contributed by atoms with E-state index in [0.717, 1.165) is 0 Å². The van der Waals surface area contributed by atoms with Crippen LogP contribution in [-0.2, 0) is 10.0 Å². The fraction of sp³-hybridized carbons (Fsp3) is 0.250. The molecule has 0 aliphatic carbocycles. The van der Waals surface area contributed by atoms with Gasteiger partial charge in [-0.15, -0.1) is 0 Å². The zero-order valence-electron chi connectivity index (χ0n) is 16.0. The Bertz CT molecular complexity index is 1190. The molecule has 1 fully saturated rings. The number of sulfonamides is 1. The largest absolute Gasteiger partial charge is 0.367 e. The molecular weight excluding hydrogens is 413 g/mol. The lowest BCUT2D eigenvalue weighted by Gasteiger charge is -2.35. The van der Waals surface area contributed by atoms with Crippen molar-refractivity contribution in [2.75, 3.05) is 31.1 Å². The number of hydrogen-bond acceptors (Lipinski definition) is 6. The van der Waals surface area contributed by atoms with Crippen molar-refractivity contribution in [1.29, 1.82) is 0 Å². The highest BCUT2D eigenvalue weighted by Gasteiger charge is 2.33. The van der Waals surface area contributed by atoms with Crippen molar-refractivity contribution in [1.82, 2.24) is 9.62 Å². The molecule has 2 aliphatic heterocycles. The molecule has 156 valence electrons. The average molecular weight is 431 g/mol. The number of hydrogen-bond donors (Lipinski definition) is 1. The van der Waals surface area contributed by atoms with E-state index < -0.39 is 27.7 Å². The number of amides is 2. The zero-order chi connectivity index (χ0) is 21.6. The first kappa shape index (κ1) is 20.2. The average Bonchev–Trinajstić information content (AvgIpc) is 3.01. The van der Waals surface area contributed by atoms with Gasteiger partial charge in [0.15, 0.2) is 5.78 Å². The molecule has 1 N–H and O–H groups in total. The quantitative estimate of drug-likeness (QED) is 0.580. The molecule has 1 saturated heterocycles. The van der Waals surface area contributed by atoms with Crippen LogP contribution in [0.5, 0.6) is 0 Å². The fourth-order valence-corrected chi connectivity index (χ4v) is 5.06. The number of halogens is 1. The normalized spacial score (nSPS) is 17.1. The van der Waals surface area contributed by atoms with Crippen LogP contribution in [0.15, 0.2) is 41.3 Å². The Hall–Kier alpha value is -3.11. The minimum Gasteiger partial charge on any atom is -0.367 e. The topological polar surface area (TPSA) is 104 Å². The van der Waals surface area contributed by atoms with Gasteiger partial charge in [-0.3, -0.25) is 19.7 Å². The van der Waals surface area contributed by atoms with E-state index in [-0.39, 0.29) is 53.5 Å². The molecule has 0 aromatic heterocycles. The van der Waals surface area contributed by atoms with Gasteiger partial charge in [0.25, 0.3) is 11.8 Å². The number of Topliss-reactive ketones (excluding diaryl/α,β-unsaturated/α-hetero) is 1. The number of ketones is 1. The maximum absolute atomic E-state index is 14.4. The number of piperazine rings is 1. The number of carbonyl (C=O) groups is 3. The van der Waals surface area contributed by atoms with Gasteiger partial charge in [0.05, 0.1) is 21.7 Å². The lowest BCUT2D eigenvalue weighted by Crippen LogP contribution is -2.48. The molecular formula is C20H18FN3O5S. The summed E-state index contributed by atoms with van der Waals surface area (Å²) in [4.78, 5) is 36.5. The predicted octanol–water partition coefficient (Wildman–Crippen LogP) is 1.42. The lowest BCUT2D eigenvalue weighted by atomic mass is 10.1. The van der Waals surface area contributed by atoms with Gasteiger partial charge >= 0.3 is 0 Å². The summed E-state index contributed by atoms with van der Waals surface area (Å²) in [6.45, 7) is 2.13. The van der Waals surface area contributed by atoms with Gasteiger partial charge in [0, 0.05) is 31.7 Å². The van der Waals surface area contributed by atoms with Crippen molar-refractivity contribution in [3.8, 4) is 0 Å². The number of nitrogens with zero attached hydrogens (tertiary/aromatic N) is 2. The highest BCUT2D eigenvalue weighted by atomic mass is 32.2. The number of imide groups is 1. The van der Waals surface area contributed by atoms with Crippen molar-refractivity contribution in [3.05, 3.63) is 58.9 Å². The molecule has 2 heterocycles. The highest BCUT2D eigenvalue weighted by Crippen LogP contribution is 2.26. The smallest absolute Gasteiger partial charge is 0.258 e. The standard InChI is InChI=1S/C20H18FN3O5S/c1-12(25)13-2-5-18(17(21)10-13)23-6-8-24(9-7-23)30(28,29)14-3-4-15-16(11-14)20(27)22-19(15)26/h2-5,10-11H,6-9H2,1H3,(H,22,26,27). The van der Waals surface area contributed by atoms with Gasteiger partial charge < -0.3 is 4.90 Å². The number of rotatable bonds is 4. The minimum absolute atomic E-state index is 0.0346. The molecule has 0 bridgehead atoms. The summed E-state index contributed by atoms with van der Waals surface area (Å²) in [5.41, 5.74) is 0.766. The molecule has 8 nitrogen and oxygen atoms in total. The van der Waals surface area contributed by atoms with Gasteiger partial charge in [-0.25, -0.2) is 12.8 Å². The van der Waals surface area contributed by atoms with Gasteiger partial charge in [-0.2, -0.15) is 4.31 Å². The van der Waals surface area contributed by atoms with Crippen LogP contribution in [0.1, 0.15) is 38.0 Å². The molecule has 4 rings (SSSR count). The summed E-state index contributed by atoms with van der Waals surface area (Å²) in [5.74, 6) is -1.94. The van der Waals surface area contributed by atoms with Crippen LogP contribution in [0.25, 0.3) is 0 Å².